The SMILES string of the molecule is [Cr].[Cu].[Nb].[Ni]. The Hall–Kier alpha value is 2.29. The van der Waals surface area contributed by atoms with Crippen LogP contribution in [0.15, 0.2) is 0 Å². The van der Waals surface area contributed by atoms with Crippen LogP contribution >= 0.6 is 0 Å². The molecule has 0 N–H and O–H groups in total. The molecule has 0 aromatic heterocycles. The summed E-state index contributed by atoms with van der Waals surface area (Å²) in [5.41, 5.74) is 0. The van der Waals surface area contributed by atoms with Crippen LogP contribution in [0, 0.1) is 0 Å². The first kappa shape index (κ1) is 33.6. The second-order valence-electron chi connectivity index (χ2n) is 0. The van der Waals surface area contributed by atoms with E-state index in [1.54, 1.807) is 0 Å². The maximum absolute atomic E-state index is 0. The van der Waals surface area contributed by atoms with Gasteiger partial charge in [-0.3, -0.25) is 0 Å². The van der Waals surface area contributed by atoms with Gasteiger partial charge in [0.15, 0.2) is 0 Å². The van der Waals surface area contributed by atoms with Crippen molar-refractivity contribution in [2.24, 2.45) is 0 Å². The molecule has 0 nitrogen and oxygen atoms in total. The Morgan fingerprint density at radius 2 is 1.00 bits per heavy atom. The summed E-state index contributed by atoms with van der Waals surface area (Å²) in [5.74, 6) is 0. The smallest absolute Gasteiger partial charge is 0 e. The Labute approximate surface area is 72.5 Å². The molecule has 4 heavy (non-hydrogen) atoms. The van der Waals surface area contributed by atoms with Crippen LogP contribution in [0.3, 0.4) is 0 Å². The molecular weight excluding hydrogens is 267 g/mol. The molecule has 0 rings (SSSR count). The van der Waals surface area contributed by atoms with Gasteiger partial charge in [0, 0.05) is 73.3 Å². The normalized spacial score (nSPS) is 0. The maximum Gasteiger partial charge on any atom is 0 e. The largest absolute Gasteiger partial charge is 0 e. The van der Waals surface area contributed by atoms with Gasteiger partial charge in [0.1, 0.15) is 0 Å². The zero-order chi connectivity index (χ0) is 0. The molecule has 0 aliphatic carbocycles. The summed E-state index contributed by atoms with van der Waals surface area (Å²) in [4.78, 5) is 0. The van der Waals surface area contributed by atoms with Gasteiger partial charge in [-0.15, -0.1) is 0 Å². The molecule has 0 amide bonds. The fourth-order valence-corrected chi connectivity index (χ4v) is 0. The fourth-order valence-electron chi connectivity index (χ4n) is 0. The van der Waals surface area contributed by atoms with E-state index in [1.165, 1.54) is 0 Å². The second kappa shape index (κ2) is 18.6. The van der Waals surface area contributed by atoms with Gasteiger partial charge in [-0.2, -0.15) is 0 Å². The van der Waals surface area contributed by atoms with Gasteiger partial charge >= 0.3 is 0 Å². The van der Waals surface area contributed by atoms with Crippen LogP contribution in [0.1, 0.15) is 0 Å². The van der Waals surface area contributed by atoms with Gasteiger partial charge in [0.25, 0.3) is 0 Å². The molecule has 0 aromatic rings. The zero-order valence-corrected chi connectivity index (χ0v) is 6.88. The molecule has 0 unspecified atom stereocenters. The summed E-state index contributed by atoms with van der Waals surface area (Å²) in [6.07, 6.45) is 0. The Morgan fingerprint density at radius 1 is 1.00 bits per heavy atom. The van der Waals surface area contributed by atoms with E-state index in [0.717, 1.165) is 0 Å². The minimum Gasteiger partial charge on any atom is 0 e. The third-order valence-corrected chi connectivity index (χ3v) is 0. The van der Waals surface area contributed by atoms with Crippen molar-refractivity contribution < 1.29 is 73.3 Å². The molecule has 0 atom stereocenters. The summed E-state index contributed by atoms with van der Waals surface area (Å²) < 4.78 is 0. The number of rotatable bonds is 0. The van der Waals surface area contributed by atoms with Crippen molar-refractivity contribution >= 4 is 0 Å². The van der Waals surface area contributed by atoms with Crippen LogP contribution in [0.25, 0.3) is 0 Å². The van der Waals surface area contributed by atoms with E-state index in [9.17, 15) is 0 Å². The van der Waals surface area contributed by atoms with E-state index in [4.69, 9.17) is 0 Å². The van der Waals surface area contributed by atoms with Crippen LogP contribution in [0.4, 0.5) is 0 Å². The van der Waals surface area contributed by atoms with Gasteiger partial charge < -0.3 is 0 Å². The first-order valence-corrected chi connectivity index (χ1v) is 0. The van der Waals surface area contributed by atoms with Crippen LogP contribution < -0.4 is 0 Å². The Morgan fingerprint density at radius 3 is 1.00 bits per heavy atom. The third kappa shape index (κ3) is 8.86. The second-order valence-corrected chi connectivity index (χ2v) is 0. The van der Waals surface area contributed by atoms with Crippen molar-refractivity contribution in [2.45, 2.75) is 0 Å². The van der Waals surface area contributed by atoms with Gasteiger partial charge in [-0.25, -0.2) is 0 Å². The topological polar surface area (TPSA) is 0 Å². The number of hydrogen-bond donors (Lipinski definition) is 0. The first-order valence-electron chi connectivity index (χ1n) is 0. The van der Waals surface area contributed by atoms with Gasteiger partial charge in [-0.05, 0) is 0 Å². The summed E-state index contributed by atoms with van der Waals surface area (Å²) in [5, 5.41) is 0. The van der Waals surface area contributed by atoms with E-state index in [1.807, 2.05) is 0 Å². The minimum absolute atomic E-state index is 0. The van der Waals surface area contributed by atoms with Crippen molar-refractivity contribution in [1.29, 1.82) is 0 Å². The fraction of sp³-hybridized carbons (Fsp3) is 0. The monoisotopic (exact) mass is 266 g/mol. The average Bonchev–Trinajstić information content (AvgIpc) is 0. The molecular formula is CrCuNbNi. The van der Waals surface area contributed by atoms with E-state index in [-0.39, 0.29) is 73.3 Å². The van der Waals surface area contributed by atoms with Crippen LogP contribution in [0.2, 0.25) is 0 Å². The quantitative estimate of drug-likeness (QED) is 0.542. The summed E-state index contributed by atoms with van der Waals surface area (Å²) in [6.45, 7) is 0. The Kier molecular flexibility index (Phi) is 156. The molecule has 0 aliphatic rings. The van der Waals surface area contributed by atoms with Gasteiger partial charge in [0.2, 0.25) is 0 Å². The molecule has 0 bridgehead atoms. The van der Waals surface area contributed by atoms with Crippen molar-refractivity contribution in [3.8, 4) is 0 Å². The third-order valence-electron chi connectivity index (χ3n) is 0. The predicted molar refractivity (Wildman–Crippen MR) is 0 cm³/mol. The molecule has 0 saturated heterocycles. The average molecular weight is 267 g/mol. The van der Waals surface area contributed by atoms with Crippen molar-refractivity contribution in [3.63, 3.8) is 0 Å². The molecule has 4 heteroatoms. The van der Waals surface area contributed by atoms with E-state index >= 15 is 0 Å². The molecule has 0 spiro atoms. The standard InChI is InChI=1S/Cr.Cu.Nb.Ni. The van der Waals surface area contributed by atoms with E-state index in [0.29, 0.717) is 0 Å². The molecule has 0 aromatic carbocycles. The molecule has 0 saturated carbocycles. The Balaban J connectivity index is 0. The summed E-state index contributed by atoms with van der Waals surface area (Å²) in [7, 11) is 0. The van der Waals surface area contributed by atoms with Crippen LogP contribution in [-0.2, 0) is 73.3 Å². The summed E-state index contributed by atoms with van der Waals surface area (Å²) in [6, 6.07) is 0. The molecule has 2 radical (unpaired) electrons. The van der Waals surface area contributed by atoms with E-state index in [2.05, 4.69) is 0 Å². The van der Waals surface area contributed by atoms with Crippen molar-refractivity contribution in [1.82, 2.24) is 0 Å². The molecule has 0 heterocycles. The van der Waals surface area contributed by atoms with Crippen LogP contribution in [0.5, 0.6) is 0 Å². The van der Waals surface area contributed by atoms with Crippen molar-refractivity contribution in [2.75, 3.05) is 0 Å². The van der Waals surface area contributed by atoms with Crippen LogP contribution in [-0.4, -0.2) is 0 Å². The number of hydrogen-bond acceptors (Lipinski definition) is 0. The first-order chi connectivity index (χ1) is 0. The van der Waals surface area contributed by atoms with E-state index < -0.39 is 0 Å². The molecule has 0 aliphatic heterocycles. The predicted octanol–water partition coefficient (Wildman–Crippen LogP) is -0.0100. The molecule has 32 valence electrons. The van der Waals surface area contributed by atoms with Gasteiger partial charge in [-0.1, -0.05) is 0 Å². The molecule has 0 fully saturated rings. The van der Waals surface area contributed by atoms with Crippen molar-refractivity contribution in [3.05, 3.63) is 0 Å². The summed E-state index contributed by atoms with van der Waals surface area (Å²) >= 11 is 0. The Bertz CT molecular complexity index is 8.00. The van der Waals surface area contributed by atoms with Gasteiger partial charge in [0.05, 0.1) is 0 Å². The maximum atomic E-state index is 0. The zero-order valence-electron chi connectivity index (χ0n) is 1.47. The minimum atomic E-state index is 0.